The molecule has 3 unspecified atom stereocenters. The zero-order valence-electron chi connectivity index (χ0n) is 44.0. The van der Waals surface area contributed by atoms with E-state index in [0.717, 1.165) is 71.6 Å². The van der Waals surface area contributed by atoms with Gasteiger partial charge in [-0.25, -0.2) is 9.59 Å². The number of likely N-dealkylation sites (tertiary alicyclic amines) is 2. The standard InChI is InChI=1S/C23H40N2O3Si.C16H34N2O3Si.C12H18N2O.H2/c1-21(2,3)28-20(26)24-23(18-27-29(7,8)22(4,5)6)14-15-25(17-23)16-19-12-10-9-11-13-19;1-14(2,3)21-13(19)18-16(9-10-17-11-16)12-20-22(7,8)15(4,5)6;13-12(10-15)6-7-14(9-12)8-11-4-2-1-3-5-11;/h9-13H,14-18H2,1-8H3,(H,24,26);17H,9-12H2,1-8H3,(H,18,19);1-5,15H,6-10,13H2;1H. The summed E-state index contributed by atoms with van der Waals surface area (Å²) < 4.78 is 23.9. The first-order valence-corrected chi connectivity index (χ1v) is 29.9. The molecule has 3 atom stereocenters. The van der Waals surface area contributed by atoms with E-state index in [1.54, 1.807) is 0 Å². The maximum absolute atomic E-state index is 12.6. The molecule has 2 amide bonds. The minimum absolute atomic E-state index is 0. The van der Waals surface area contributed by atoms with E-state index in [9.17, 15) is 9.59 Å². The number of aliphatic hydroxyl groups excluding tert-OH is 1. The molecule has 15 heteroatoms. The van der Waals surface area contributed by atoms with E-state index in [4.69, 9.17) is 29.2 Å². The Kier molecular flexibility index (Phi) is 20.2. The number of alkyl carbamates (subject to hydrolysis) is 2. The summed E-state index contributed by atoms with van der Waals surface area (Å²) >= 11 is 0. The quantitative estimate of drug-likeness (QED) is 0.122. The number of nitrogens with two attached hydrogens (primary N) is 1. The van der Waals surface area contributed by atoms with E-state index in [2.05, 4.69) is 130 Å². The lowest BCUT2D eigenvalue weighted by Crippen LogP contribution is -2.57. The molecule has 0 aliphatic carbocycles. The first-order chi connectivity index (χ1) is 30.2. The Balaban J connectivity index is 0.000000360. The normalized spacial score (nSPS) is 23.3. The molecule has 0 bridgehead atoms. The van der Waals surface area contributed by atoms with Gasteiger partial charge in [-0.2, -0.15) is 0 Å². The number of ether oxygens (including phenoxy) is 2. The molecule has 0 saturated carbocycles. The van der Waals surface area contributed by atoms with Gasteiger partial charge in [0.2, 0.25) is 0 Å². The van der Waals surface area contributed by atoms with Crippen molar-refractivity contribution in [3.05, 3.63) is 71.8 Å². The lowest BCUT2D eigenvalue weighted by Gasteiger charge is -2.40. The molecule has 0 radical (unpaired) electrons. The number of nitrogens with one attached hydrogen (secondary N) is 3. The molecule has 3 heterocycles. The largest absolute Gasteiger partial charge is 0.444 e. The number of benzene rings is 2. The van der Waals surface area contributed by atoms with Gasteiger partial charge in [-0.05, 0) is 115 Å². The summed E-state index contributed by atoms with van der Waals surface area (Å²) in [6, 6.07) is 20.8. The molecule has 2 aromatic rings. The van der Waals surface area contributed by atoms with Crippen molar-refractivity contribution in [2.24, 2.45) is 5.73 Å². The third-order valence-corrected chi connectivity index (χ3v) is 22.5. The molecule has 0 spiro atoms. The Morgan fingerprint density at radius 1 is 0.667 bits per heavy atom. The Hall–Kier alpha value is -2.87. The highest BCUT2D eigenvalue weighted by molar-refractivity contribution is 6.74. The van der Waals surface area contributed by atoms with Gasteiger partial charge in [0.25, 0.3) is 0 Å². The molecule has 0 aromatic heterocycles. The fourth-order valence-electron chi connectivity index (χ4n) is 7.40. The number of amides is 2. The zero-order valence-corrected chi connectivity index (χ0v) is 46.0. The second kappa shape index (κ2) is 23.2. The molecule has 3 aliphatic heterocycles. The molecule has 13 nitrogen and oxygen atoms in total. The summed E-state index contributed by atoms with van der Waals surface area (Å²) in [5.74, 6) is 0. The zero-order chi connectivity index (χ0) is 49.9. The Bertz CT molecular complexity index is 1790. The van der Waals surface area contributed by atoms with Crippen LogP contribution in [0.25, 0.3) is 0 Å². The van der Waals surface area contributed by atoms with E-state index in [0.29, 0.717) is 13.2 Å². The maximum atomic E-state index is 12.6. The van der Waals surface area contributed by atoms with Crippen molar-refractivity contribution in [3.63, 3.8) is 0 Å². The number of carbonyl (C=O) groups is 2. The van der Waals surface area contributed by atoms with Gasteiger partial charge in [0.1, 0.15) is 11.2 Å². The van der Waals surface area contributed by atoms with Crippen molar-refractivity contribution in [1.82, 2.24) is 25.8 Å². The molecule has 3 saturated heterocycles. The van der Waals surface area contributed by atoms with Crippen LogP contribution in [0, 0.1) is 0 Å². The van der Waals surface area contributed by atoms with Gasteiger partial charge in [0, 0.05) is 47.2 Å². The van der Waals surface area contributed by atoms with Gasteiger partial charge >= 0.3 is 12.2 Å². The van der Waals surface area contributed by atoms with Crippen LogP contribution in [0.15, 0.2) is 60.7 Å². The minimum atomic E-state index is -1.92. The van der Waals surface area contributed by atoms with Crippen molar-refractivity contribution < 1.29 is 34.4 Å². The molecular formula is C51H94N6O7Si2. The average molecular weight is 960 g/mol. The molecule has 6 N–H and O–H groups in total. The summed E-state index contributed by atoms with van der Waals surface area (Å²) in [5.41, 5.74) is 6.42. The molecule has 3 aliphatic rings. The van der Waals surface area contributed by atoms with Gasteiger partial charge in [-0.15, -0.1) is 0 Å². The third-order valence-electron chi connectivity index (χ3n) is 13.5. The van der Waals surface area contributed by atoms with Gasteiger partial charge in [-0.3, -0.25) is 9.80 Å². The molecule has 66 heavy (non-hydrogen) atoms. The van der Waals surface area contributed by atoms with Crippen LogP contribution >= 0.6 is 0 Å². The van der Waals surface area contributed by atoms with E-state index in [1.807, 2.05) is 65.8 Å². The summed E-state index contributed by atoms with van der Waals surface area (Å²) in [7, 11) is -3.76. The predicted molar refractivity (Wildman–Crippen MR) is 277 cm³/mol. The van der Waals surface area contributed by atoms with Crippen LogP contribution in [-0.2, 0) is 31.4 Å². The van der Waals surface area contributed by atoms with E-state index in [-0.39, 0.29) is 41.4 Å². The number of carbonyl (C=O) groups excluding carboxylic acids is 2. The lowest BCUT2D eigenvalue weighted by atomic mass is 10.0. The lowest BCUT2D eigenvalue weighted by molar-refractivity contribution is 0.0404. The summed E-state index contributed by atoms with van der Waals surface area (Å²) in [4.78, 5) is 29.4. The molecular weight excluding hydrogens is 865 g/mol. The van der Waals surface area contributed by atoms with Crippen molar-refractivity contribution in [2.45, 2.75) is 180 Å². The fourth-order valence-corrected chi connectivity index (χ4v) is 9.54. The van der Waals surface area contributed by atoms with Gasteiger partial charge < -0.3 is 45.1 Å². The maximum Gasteiger partial charge on any atom is 0.408 e. The van der Waals surface area contributed by atoms with Crippen LogP contribution in [0.5, 0.6) is 0 Å². The van der Waals surface area contributed by atoms with Crippen LogP contribution in [-0.4, -0.2) is 131 Å². The Labute approximate surface area is 403 Å². The monoisotopic (exact) mass is 959 g/mol. The molecule has 2 aromatic carbocycles. The minimum Gasteiger partial charge on any atom is -0.444 e. The Morgan fingerprint density at radius 3 is 1.45 bits per heavy atom. The van der Waals surface area contributed by atoms with E-state index < -0.39 is 33.4 Å². The second-order valence-corrected chi connectivity index (χ2v) is 33.9. The highest BCUT2D eigenvalue weighted by Crippen LogP contribution is 2.39. The topological polar surface area (TPSA) is 160 Å². The summed E-state index contributed by atoms with van der Waals surface area (Å²) in [6.07, 6.45) is 1.87. The predicted octanol–water partition coefficient (Wildman–Crippen LogP) is 9.27. The third kappa shape index (κ3) is 19.3. The Morgan fingerprint density at radius 2 is 1.08 bits per heavy atom. The first-order valence-electron chi connectivity index (χ1n) is 24.1. The fraction of sp³-hybridized carbons (Fsp3) is 0.725. The van der Waals surface area contributed by atoms with Gasteiger partial charge in [-0.1, -0.05) is 102 Å². The summed E-state index contributed by atoms with van der Waals surface area (Å²) in [6.45, 7) is 41.7. The highest BCUT2D eigenvalue weighted by Gasteiger charge is 2.46. The molecule has 5 rings (SSSR count). The van der Waals surface area contributed by atoms with Crippen molar-refractivity contribution >= 4 is 28.8 Å². The first kappa shape index (κ1) is 57.5. The number of aliphatic hydroxyl groups is 1. The van der Waals surface area contributed by atoms with E-state index >= 15 is 0 Å². The smallest absolute Gasteiger partial charge is 0.408 e. The highest BCUT2D eigenvalue weighted by atomic mass is 28.4. The van der Waals surface area contributed by atoms with Crippen LogP contribution in [0.2, 0.25) is 36.3 Å². The van der Waals surface area contributed by atoms with Crippen molar-refractivity contribution in [1.29, 1.82) is 0 Å². The van der Waals surface area contributed by atoms with E-state index in [1.165, 1.54) is 11.1 Å². The number of nitrogens with zero attached hydrogens (tertiary/aromatic N) is 2. The SMILES string of the molecule is CC(C)(C)OC(=O)NC1(CO[Si](C)(C)C(C)(C)C)CCN(Cc2ccccc2)C1.CC(C)(C)OC(=O)NC1(CO[Si](C)(C)C(C)(C)C)CCNC1.NC1(CO)CCN(Cc2ccccc2)C1.[HH]. The van der Waals surface area contributed by atoms with Crippen LogP contribution in [0.1, 0.15) is 115 Å². The molecule has 3 fully saturated rings. The number of hydrogen-bond acceptors (Lipinski definition) is 11. The number of hydrogen-bond donors (Lipinski definition) is 5. The van der Waals surface area contributed by atoms with Crippen LogP contribution < -0.4 is 21.7 Å². The average Bonchev–Trinajstić information content (AvgIpc) is 3.91. The second-order valence-electron chi connectivity index (χ2n) is 24.3. The van der Waals surface area contributed by atoms with Crippen LogP contribution in [0.3, 0.4) is 0 Å². The van der Waals surface area contributed by atoms with Crippen LogP contribution in [0.4, 0.5) is 9.59 Å². The van der Waals surface area contributed by atoms with Gasteiger partial charge in [0.05, 0.1) is 36.4 Å². The van der Waals surface area contributed by atoms with Crippen molar-refractivity contribution in [2.75, 3.05) is 59.1 Å². The molecule has 378 valence electrons. The van der Waals surface area contributed by atoms with Crippen molar-refractivity contribution in [3.8, 4) is 0 Å². The number of rotatable bonds is 13. The van der Waals surface area contributed by atoms with Gasteiger partial charge in [0.15, 0.2) is 16.6 Å². The summed E-state index contributed by atoms with van der Waals surface area (Å²) in [5, 5.41) is 19.0.